The van der Waals surface area contributed by atoms with Crippen molar-refractivity contribution in [3.8, 4) is 0 Å². The number of carbonyl (C=O) groups excluding carboxylic acids is 1. The molecule has 1 N–H and O–H groups in total. The van der Waals surface area contributed by atoms with Gasteiger partial charge in [-0.05, 0) is 71.1 Å². The molecule has 2 rings (SSSR count). The van der Waals surface area contributed by atoms with Gasteiger partial charge in [0, 0.05) is 14.8 Å². The van der Waals surface area contributed by atoms with Crippen LogP contribution in [0.2, 0.25) is 0 Å². The average molecular weight is 355 g/mol. The Balaban J connectivity index is 1.96. The van der Waals surface area contributed by atoms with Crippen LogP contribution in [0.5, 0.6) is 0 Å². The van der Waals surface area contributed by atoms with E-state index in [1.165, 1.54) is 24.3 Å². The van der Waals surface area contributed by atoms with Crippen LogP contribution in [0.1, 0.15) is 10.4 Å². The maximum absolute atomic E-state index is 12.7. The van der Waals surface area contributed by atoms with Crippen molar-refractivity contribution in [1.29, 1.82) is 0 Å². The molecule has 0 radical (unpaired) electrons. The lowest BCUT2D eigenvalue weighted by Gasteiger charge is -2.05. The quantitative estimate of drug-likeness (QED) is 0.669. The van der Waals surface area contributed by atoms with Gasteiger partial charge in [0.05, 0.1) is 6.54 Å². The van der Waals surface area contributed by atoms with Gasteiger partial charge >= 0.3 is 0 Å². The van der Waals surface area contributed by atoms with E-state index >= 15 is 0 Å². The number of rotatable bonds is 4. The first-order chi connectivity index (χ1) is 8.65. The molecule has 0 saturated carbocycles. The monoisotopic (exact) mass is 355 g/mol. The molecule has 0 fully saturated rings. The van der Waals surface area contributed by atoms with Gasteiger partial charge in [-0.3, -0.25) is 4.79 Å². The van der Waals surface area contributed by atoms with Gasteiger partial charge in [0.2, 0.25) is 0 Å². The second-order valence-corrected chi connectivity index (χ2v) is 5.04. The first-order valence-corrected chi connectivity index (χ1v) is 6.51. The largest absolute Gasteiger partial charge is 0.378 e. The molecule has 2 aromatic rings. The highest BCUT2D eigenvalue weighted by Crippen LogP contribution is 2.11. The minimum absolute atomic E-state index is 0.0615. The van der Waals surface area contributed by atoms with Crippen LogP contribution in [0.3, 0.4) is 0 Å². The van der Waals surface area contributed by atoms with Gasteiger partial charge in [0.15, 0.2) is 5.78 Å². The minimum Gasteiger partial charge on any atom is -0.378 e. The van der Waals surface area contributed by atoms with Crippen molar-refractivity contribution in [2.45, 2.75) is 0 Å². The third-order valence-electron chi connectivity index (χ3n) is 2.46. The summed E-state index contributed by atoms with van der Waals surface area (Å²) in [5, 5.41) is 3.04. The van der Waals surface area contributed by atoms with Gasteiger partial charge in [-0.25, -0.2) is 4.39 Å². The number of ketones is 1. The number of benzene rings is 2. The summed E-state index contributed by atoms with van der Waals surface area (Å²) in [5.74, 6) is -0.398. The van der Waals surface area contributed by atoms with Crippen LogP contribution in [-0.4, -0.2) is 12.3 Å². The first kappa shape index (κ1) is 13.0. The van der Waals surface area contributed by atoms with Gasteiger partial charge in [-0.1, -0.05) is 0 Å². The molecule has 2 aromatic carbocycles. The van der Waals surface area contributed by atoms with Crippen LogP contribution in [0.15, 0.2) is 48.5 Å². The van der Waals surface area contributed by atoms with E-state index in [-0.39, 0.29) is 18.1 Å². The third kappa shape index (κ3) is 3.53. The summed E-state index contributed by atoms with van der Waals surface area (Å²) in [6.45, 7) is 0.201. The molecule has 0 atom stereocenters. The second kappa shape index (κ2) is 5.95. The average Bonchev–Trinajstić information content (AvgIpc) is 2.38. The molecule has 0 aliphatic heterocycles. The standard InChI is InChI=1S/C14H11FINO/c15-11-3-1-10(2-4-11)14(18)9-17-13-7-5-12(16)6-8-13/h1-8,17H,9H2. The highest BCUT2D eigenvalue weighted by molar-refractivity contribution is 14.1. The topological polar surface area (TPSA) is 29.1 Å². The predicted octanol–water partition coefficient (Wildman–Crippen LogP) is 3.73. The Morgan fingerprint density at radius 2 is 1.67 bits per heavy atom. The van der Waals surface area contributed by atoms with Crippen molar-refractivity contribution in [2.24, 2.45) is 0 Å². The summed E-state index contributed by atoms with van der Waals surface area (Å²) in [6, 6.07) is 13.3. The molecular weight excluding hydrogens is 344 g/mol. The number of carbonyl (C=O) groups is 1. The SMILES string of the molecule is O=C(CNc1ccc(I)cc1)c1ccc(F)cc1. The molecule has 0 amide bonds. The zero-order valence-corrected chi connectivity index (χ0v) is 11.6. The van der Waals surface area contributed by atoms with E-state index in [0.717, 1.165) is 9.26 Å². The maximum Gasteiger partial charge on any atom is 0.181 e. The molecule has 0 aliphatic carbocycles. The summed E-state index contributed by atoms with van der Waals surface area (Å²) < 4.78 is 13.9. The molecule has 0 saturated heterocycles. The molecule has 0 unspecified atom stereocenters. The number of hydrogen-bond acceptors (Lipinski definition) is 2. The van der Waals surface area contributed by atoms with E-state index < -0.39 is 0 Å². The van der Waals surface area contributed by atoms with Crippen molar-refractivity contribution in [1.82, 2.24) is 0 Å². The van der Waals surface area contributed by atoms with Crippen LogP contribution < -0.4 is 5.32 Å². The third-order valence-corrected chi connectivity index (χ3v) is 3.18. The van der Waals surface area contributed by atoms with Crippen LogP contribution in [0.4, 0.5) is 10.1 Å². The fourth-order valence-corrected chi connectivity index (χ4v) is 1.85. The summed E-state index contributed by atoms with van der Waals surface area (Å²) in [4.78, 5) is 11.8. The Morgan fingerprint density at radius 1 is 1.06 bits per heavy atom. The zero-order chi connectivity index (χ0) is 13.0. The zero-order valence-electron chi connectivity index (χ0n) is 9.49. The van der Waals surface area contributed by atoms with Gasteiger partial charge in [-0.2, -0.15) is 0 Å². The molecule has 4 heteroatoms. The second-order valence-electron chi connectivity index (χ2n) is 3.79. The van der Waals surface area contributed by atoms with E-state index in [1.54, 1.807) is 0 Å². The van der Waals surface area contributed by atoms with Gasteiger partial charge < -0.3 is 5.32 Å². The van der Waals surface area contributed by atoms with Gasteiger partial charge in [0.25, 0.3) is 0 Å². The fraction of sp³-hybridized carbons (Fsp3) is 0.0714. The molecule has 2 nitrogen and oxygen atoms in total. The maximum atomic E-state index is 12.7. The van der Waals surface area contributed by atoms with Crippen LogP contribution >= 0.6 is 22.6 Å². The lowest BCUT2D eigenvalue weighted by atomic mass is 10.1. The lowest BCUT2D eigenvalue weighted by molar-refractivity contribution is 0.101. The number of anilines is 1. The molecule has 0 spiro atoms. The molecule has 0 aliphatic rings. The summed E-state index contributed by atoms with van der Waals surface area (Å²) in [6.07, 6.45) is 0. The molecule has 92 valence electrons. The van der Waals surface area contributed by atoms with E-state index in [0.29, 0.717) is 5.56 Å². The Hall–Kier alpha value is -1.43. The van der Waals surface area contributed by atoms with Gasteiger partial charge in [-0.15, -0.1) is 0 Å². The van der Waals surface area contributed by atoms with Crippen molar-refractivity contribution >= 4 is 34.1 Å². The fourth-order valence-electron chi connectivity index (χ4n) is 1.49. The lowest BCUT2D eigenvalue weighted by Crippen LogP contribution is -2.13. The van der Waals surface area contributed by atoms with Crippen molar-refractivity contribution < 1.29 is 9.18 Å². The smallest absolute Gasteiger partial charge is 0.181 e. The van der Waals surface area contributed by atoms with Crippen LogP contribution in [0.25, 0.3) is 0 Å². The molecule has 0 bridgehead atoms. The van der Waals surface area contributed by atoms with E-state index in [4.69, 9.17) is 0 Å². The normalized spacial score (nSPS) is 10.1. The first-order valence-electron chi connectivity index (χ1n) is 5.43. The summed E-state index contributed by atoms with van der Waals surface area (Å²) >= 11 is 2.22. The van der Waals surface area contributed by atoms with Crippen LogP contribution in [-0.2, 0) is 0 Å². The van der Waals surface area contributed by atoms with E-state index in [9.17, 15) is 9.18 Å². The highest BCUT2D eigenvalue weighted by atomic mass is 127. The predicted molar refractivity (Wildman–Crippen MR) is 78.4 cm³/mol. The Morgan fingerprint density at radius 3 is 2.28 bits per heavy atom. The van der Waals surface area contributed by atoms with E-state index in [1.807, 2.05) is 24.3 Å². The van der Waals surface area contributed by atoms with E-state index in [2.05, 4.69) is 27.9 Å². The highest BCUT2D eigenvalue weighted by Gasteiger charge is 2.05. The number of nitrogens with one attached hydrogen (secondary N) is 1. The Bertz CT molecular complexity index is 537. The number of Topliss-reactive ketones (excluding diaryl/α,β-unsaturated/α-hetero) is 1. The summed E-state index contributed by atoms with van der Waals surface area (Å²) in [5.41, 5.74) is 1.40. The molecular formula is C14H11FINO. The minimum atomic E-state index is -0.336. The summed E-state index contributed by atoms with van der Waals surface area (Å²) in [7, 11) is 0. The molecule has 0 heterocycles. The molecule has 18 heavy (non-hydrogen) atoms. The molecule has 0 aromatic heterocycles. The van der Waals surface area contributed by atoms with Crippen LogP contribution in [0, 0.1) is 9.39 Å². The Labute approximate surface area is 118 Å². The number of halogens is 2. The Kier molecular flexibility index (Phi) is 4.30. The van der Waals surface area contributed by atoms with Crippen molar-refractivity contribution in [3.63, 3.8) is 0 Å². The van der Waals surface area contributed by atoms with Crippen molar-refractivity contribution in [2.75, 3.05) is 11.9 Å². The van der Waals surface area contributed by atoms with Gasteiger partial charge in [0.1, 0.15) is 5.82 Å². The van der Waals surface area contributed by atoms with Crippen molar-refractivity contribution in [3.05, 3.63) is 63.5 Å². The number of hydrogen-bond donors (Lipinski definition) is 1.